The summed E-state index contributed by atoms with van der Waals surface area (Å²) >= 11 is 12.2. The zero-order valence-electron chi connectivity index (χ0n) is 21.0. The average Bonchev–Trinajstić information content (AvgIpc) is 3.33. The summed E-state index contributed by atoms with van der Waals surface area (Å²) in [6.45, 7) is 3.49. The van der Waals surface area contributed by atoms with Crippen LogP contribution < -0.4 is 0 Å². The number of likely N-dealkylation sites (N-methyl/N-ethyl adjacent to an activating group) is 1. The maximum atomic E-state index is 13.2. The van der Waals surface area contributed by atoms with Crippen molar-refractivity contribution in [1.29, 1.82) is 0 Å². The van der Waals surface area contributed by atoms with Gasteiger partial charge >= 0.3 is 5.97 Å². The van der Waals surface area contributed by atoms with Crippen molar-refractivity contribution in [2.45, 2.75) is 25.0 Å². The summed E-state index contributed by atoms with van der Waals surface area (Å²) in [5.41, 5.74) is 1.90. The second kappa shape index (κ2) is 15.3. The number of ether oxygens (including phenoxy) is 3. The van der Waals surface area contributed by atoms with Crippen LogP contribution in [0.2, 0.25) is 10.0 Å². The Bertz CT molecular complexity index is 1010. The van der Waals surface area contributed by atoms with Gasteiger partial charge in [-0.1, -0.05) is 59.6 Å². The van der Waals surface area contributed by atoms with Crippen LogP contribution >= 0.6 is 23.2 Å². The molecule has 0 saturated carbocycles. The molecule has 202 valence electrons. The van der Waals surface area contributed by atoms with Crippen LogP contribution in [0.3, 0.4) is 0 Å². The summed E-state index contributed by atoms with van der Waals surface area (Å²) in [5.74, 6) is -0.991. The number of nitrogens with zero attached hydrogens (tertiary/aromatic N) is 2. The lowest BCUT2D eigenvalue weighted by Gasteiger charge is -2.32. The summed E-state index contributed by atoms with van der Waals surface area (Å²) < 4.78 is 16.3. The SMILES string of the molecule is CN(C(=O)Cc1ccc(Cl)c(Cl)c1)C(CN1CC[C@H](OCCOCCOCC(=O)O)C1)c1ccccc1. The van der Waals surface area contributed by atoms with Gasteiger partial charge in [0.2, 0.25) is 5.91 Å². The molecule has 1 fully saturated rings. The molecule has 0 bridgehead atoms. The van der Waals surface area contributed by atoms with Crippen LogP contribution in [0.4, 0.5) is 0 Å². The van der Waals surface area contributed by atoms with Crippen LogP contribution in [0, 0.1) is 0 Å². The van der Waals surface area contributed by atoms with E-state index in [0.29, 0.717) is 36.4 Å². The maximum Gasteiger partial charge on any atom is 0.329 e. The van der Waals surface area contributed by atoms with Crippen molar-refractivity contribution in [2.75, 3.05) is 59.7 Å². The molecule has 37 heavy (non-hydrogen) atoms. The van der Waals surface area contributed by atoms with Gasteiger partial charge in [-0.25, -0.2) is 4.79 Å². The van der Waals surface area contributed by atoms with Gasteiger partial charge in [-0.15, -0.1) is 0 Å². The van der Waals surface area contributed by atoms with Gasteiger partial charge < -0.3 is 24.2 Å². The molecule has 2 aromatic carbocycles. The Balaban J connectivity index is 1.48. The third kappa shape index (κ3) is 9.89. The van der Waals surface area contributed by atoms with Crippen molar-refractivity contribution in [2.24, 2.45) is 0 Å². The second-order valence-corrected chi connectivity index (χ2v) is 9.77. The third-order valence-corrected chi connectivity index (χ3v) is 6.96. The predicted molar refractivity (Wildman–Crippen MR) is 142 cm³/mol. The molecular formula is C27H34Cl2N2O6. The van der Waals surface area contributed by atoms with Crippen LogP contribution in [0.15, 0.2) is 48.5 Å². The molecule has 2 atom stereocenters. The zero-order valence-corrected chi connectivity index (χ0v) is 22.5. The maximum absolute atomic E-state index is 13.2. The van der Waals surface area contributed by atoms with Crippen LogP contribution in [-0.2, 0) is 30.2 Å². The molecule has 1 heterocycles. The first kappa shape index (κ1) is 29.4. The quantitative estimate of drug-likeness (QED) is 0.334. The lowest BCUT2D eigenvalue weighted by molar-refractivity contribution is -0.142. The minimum absolute atomic E-state index is 0.00345. The summed E-state index contributed by atoms with van der Waals surface area (Å²) in [5, 5.41) is 9.44. The lowest BCUT2D eigenvalue weighted by Crippen LogP contribution is -2.39. The standard InChI is InChI=1S/C27H34Cl2N2O6/c1-30(26(32)16-20-7-8-23(28)24(29)15-20)25(21-5-3-2-4-6-21)18-31-10-9-22(17-31)37-14-13-35-11-12-36-19-27(33)34/h2-8,15,22,25H,9-14,16-19H2,1H3,(H,33,34)/t22-,25?/m0/s1. The largest absolute Gasteiger partial charge is 0.480 e. The van der Waals surface area contributed by atoms with E-state index in [9.17, 15) is 9.59 Å². The molecule has 1 aliphatic rings. The van der Waals surface area contributed by atoms with Gasteiger partial charge in [0.15, 0.2) is 0 Å². The Morgan fingerprint density at radius 3 is 2.51 bits per heavy atom. The fraction of sp³-hybridized carbons (Fsp3) is 0.481. The molecule has 1 saturated heterocycles. The highest BCUT2D eigenvalue weighted by Crippen LogP contribution is 2.26. The van der Waals surface area contributed by atoms with E-state index in [-0.39, 0.29) is 37.7 Å². The number of hydrogen-bond donors (Lipinski definition) is 1. The zero-order chi connectivity index (χ0) is 26.6. The van der Waals surface area contributed by atoms with Crippen LogP contribution in [0.25, 0.3) is 0 Å². The molecule has 1 N–H and O–H groups in total. The van der Waals surface area contributed by atoms with Gasteiger partial charge in [0.1, 0.15) is 6.61 Å². The van der Waals surface area contributed by atoms with Crippen molar-refractivity contribution in [3.63, 3.8) is 0 Å². The summed E-state index contributed by atoms with van der Waals surface area (Å²) in [6.07, 6.45) is 1.24. The summed E-state index contributed by atoms with van der Waals surface area (Å²) in [7, 11) is 1.85. The van der Waals surface area contributed by atoms with Crippen molar-refractivity contribution in [3.8, 4) is 0 Å². The highest BCUT2D eigenvalue weighted by atomic mass is 35.5. The molecule has 0 aliphatic carbocycles. The normalized spacial score (nSPS) is 16.6. The van der Waals surface area contributed by atoms with Gasteiger partial charge in [0.25, 0.3) is 0 Å². The molecule has 1 unspecified atom stereocenters. The number of hydrogen-bond acceptors (Lipinski definition) is 6. The molecule has 1 amide bonds. The fourth-order valence-electron chi connectivity index (χ4n) is 4.25. The first-order valence-corrected chi connectivity index (χ1v) is 13.0. The smallest absolute Gasteiger partial charge is 0.329 e. The lowest BCUT2D eigenvalue weighted by atomic mass is 10.0. The van der Waals surface area contributed by atoms with Crippen molar-refractivity contribution in [1.82, 2.24) is 9.80 Å². The molecule has 0 aromatic heterocycles. The fourth-order valence-corrected chi connectivity index (χ4v) is 4.57. The van der Waals surface area contributed by atoms with Crippen molar-refractivity contribution < 1.29 is 28.9 Å². The number of carboxylic acid groups (broad SMARTS) is 1. The molecule has 0 spiro atoms. The Kier molecular flexibility index (Phi) is 12.1. The molecule has 8 nitrogen and oxygen atoms in total. The summed E-state index contributed by atoms with van der Waals surface area (Å²) in [4.78, 5) is 27.8. The monoisotopic (exact) mass is 552 g/mol. The Hall–Kier alpha value is -2.20. The molecule has 3 rings (SSSR count). The van der Waals surface area contributed by atoms with Gasteiger partial charge in [-0.05, 0) is 29.7 Å². The third-order valence-electron chi connectivity index (χ3n) is 6.22. The Morgan fingerprint density at radius 2 is 1.78 bits per heavy atom. The number of amides is 1. The van der Waals surface area contributed by atoms with E-state index in [4.69, 9.17) is 42.5 Å². The summed E-state index contributed by atoms with van der Waals surface area (Å²) in [6, 6.07) is 15.2. The van der Waals surface area contributed by atoms with Gasteiger partial charge in [-0.2, -0.15) is 0 Å². The number of carboxylic acids is 1. The number of likely N-dealkylation sites (tertiary alicyclic amines) is 1. The number of carbonyl (C=O) groups excluding carboxylic acids is 1. The Labute approximate surface area is 228 Å². The van der Waals surface area contributed by atoms with Gasteiger partial charge in [0, 0.05) is 26.7 Å². The highest BCUT2D eigenvalue weighted by Gasteiger charge is 2.29. The first-order valence-electron chi connectivity index (χ1n) is 12.3. The molecule has 2 aromatic rings. The van der Waals surface area contributed by atoms with Crippen molar-refractivity contribution >= 4 is 35.1 Å². The second-order valence-electron chi connectivity index (χ2n) is 8.96. The topological polar surface area (TPSA) is 88.5 Å². The van der Waals surface area contributed by atoms with E-state index in [1.807, 2.05) is 36.2 Å². The number of benzene rings is 2. The Morgan fingerprint density at radius 1 is 1.05 bits per heavy atom. The predicted octanol–water partition coefficient (Wildman–Crippen LogP) is 3.94. The molecule has 10 heteroatoms. The van der Waals surface area contributed by atoms with Crippen LogP contribution in [0.1, 0.15) is 23.6 Å². The van der Waals surface area contributed by atoms with E-state index in [1.54, 1.807) is 12.1 Å². The van der Waals surface area contributed by atoms with E-state index in [0.717, 1.165) is 30.6 Å². The van der Waals surface area contributed by atoms with Gasteiger partial charge in [-0.3, -0.25) is 9.69 Å². The highest BCUT2D eigenvalue weighted by molar-refractivity contribution is 6.42. The van der Waals surface area contributed by atoms with E-state index >= 15 is 0 Å². The molecular weight excluding hydrogens is 519 g/mol. The minimum Gasteiger partial charge on any atom is -0.480 e. The van der Waals surface area contributed by atoms with Crippen LogP contribution in [-0.4, -0.2) is 92.6 Å². The average molecular weight is 553 g/mol. The molecule has 1 aliphatic heterocycles. The number of halogens is 2. The number of carbonyl (C=O) groups is 2. The number of aliphatic carboxylic acids is 1. The van der Waals surface area contributed by atoms with E-state index < -0.39 is 5.97 Å². The minimum atomic E-state index is -0.995. The van der Waals surface area contributed by atoms with Crippen molar-refractivity contribution in [3.05, 3.63) is 69.7 Å². The van der Waals surface area contributed by atoms with Crippen LogP contribution in [0.5, 0.6) is 0 Å². The molecule has 0 radical (unpaired) electrons. The van der Waals surface area contributed by atoms with Gasteiger partial charge in [0.05, 0.1) is 55.0 Å². The first-order chi connectivity index (χ1) is 17.8. The van der Waals surface area contributed by atoms with E-state index in [1.165, 1.54) is 0 Å². The number of rotatable bonds is 15. The van der Waals surface area contributed by atoms with E-state index in [2.05, 4.69) is 17.0 Å².